The van der Waals surface area contributed by atoms with Gasteiger partial charge in [-0.05, 0) is 26.7 Å². The van der Waals surface area contributed by atoms with Gasteiger partial charge in [0, 0.05) is 6.42 Å². The first-order chi connectivity index (χ1) is 7.16. The Morgan fingerprint density at radius 3 is 2.93 bits per heavy atom. The third kappa shape index (κ3) is 2.40. The molecule has 1 aliphatic heterocycles. The summed E-state index contributed by atoms with van der Waals surface area (Å²) in [6.45, 7) is 3.96. The van der Waals surface area contributed by atoms with Crippen molar-refractivity contribution in [2.24, 2.45) is 5.92 Å². The zero-order chi connectivity index (χ0) is 10.8. The van der Waals surface area contributed by atoms with Gasteiger partial charge in [0.05, 0.1) is 18.1 Å². The van der Waals surface area contributed by atoms with Gasteiger partial charge < -0.3 is 9.47 Å². The second kappa shape index (κ2) is 4.35. The van der Waals surface area contributed by atoms with E-state index in [1.807, 2.05) is 19.9 Å². The van der Waals surface area contributed by atoms with Gasteiger partial charge in [-0.3, -0.25) is 4.79 Å². The first-order valence-corrected chi connectivity index (χ1v) is 5.69. The Hall–Kier alpha value is -0.830. The highest BCUT2D eigenvalue weighted by Gasteiger charge is 2.34. The third-order valence-electron chi connectivity index (χ3n) is 3.04. The maximum atomic E-state index is 11.8. The topological polar surface area (TPSA) is 35.5 Å². The van der Waals surface area contributed by atoms with Gasteiger partial charge in [0.1, 0.15) is 6.10 Å². The summed E-state index contributed by atoms with van der Waals surface area (Å²) in [6.07, 6.45) is 6.72. The minimum absolute atomic E-state index is 0.0284. The Morgan fingerprint density at radius 1 is 1.33 bits per heavy atom. The molecule has 0 aromatic carbocycles. The molecule has 0 N–H and O–H groups in total. The molecule has 15 heavy (non-hydrogen) atoms. The maximum absolute atomic E-state index is 11.8. The van der Waals surface area contributed by atoms with Crippen LogP contribution in [0.25, 0.3) is 0 Å². The van der Waals surface area contributed by atoms with Crippen LogP contribution in [-0.2, 0) is 14.3 Å². The lowest BCUT2D eigenvalue weighted by molar-refractivity contribution is -0.168. The van der Waals surface area contributed by atoms with E-state index >= 15 is 0 Å². The van der Waals surface area contributed by atoms with Gasteiger partial charge in [-0.2, -0.15) is 0 Å². The smallest absolute Gasteiger partial charge is 0.312 e. The fourth-order valence-electron chi connectivity index (χ4n) is 2.32. The van der Waals surface area contributed by atoms with Crippen molar-refractivity contribution in [2.45, 2.75) is 51.4 Å². The van der Waals surface area contributed by atoms with Crippen LogP contribution in [0.1, 0.15) is 33.1 Å². The summed E-state index contributed by atoms with van der Waals surface area (Å²) < 4.78 is 11.2. The fourth-order valence-corrected chi connectivity index (χ4v) is 2.32. The van der Waals surface area contributed by atoms with Crippen molar-refractivity contribution in [1.29, 1.82) is 0 Å². The van der Waals surface area contributed by atoms with Crippen LogP contribution in [0.2, 0.25) is 0 Å². The average Bonchev–Trinajstić information content (AvgIpc) is 2.16. The predicted octanol–water partition coefficient (Wildman–Crippen LogP) is 2.06. The fraction of sp³-hybridized carbons (Fsp3) is 0.750. The van der Waals surface area contributed by atoms with E-state index in [2.05, 4.69) is 6.08 Å². The van der Waals surface area contributed by atoms with Gasteiger partial charge in [-0.25, -0.2) is 0 Å². The highest BCUT2D eigenvalue weighted by Crippen LogP contribution is 2.27. The molecule has 3 heteroatoms. The van der Waals surface area contributed by atoms with Gasteiger partial charge in [0.2, 0.25) is 0 Å². The van der Waals surface area contributed by atoms with Crippen LogP contribution < -0.4 is 0 Å². The normalized spacial score (nSPS) is 41.3. The molecule has 2 rings (SSSR count). The van der Waals surface area contributed by atoms with Gasteiger partial charge >= 0.3 is 5.97 Å². The van der Waals surface area contributed by atoms with E-state index in [0.29, 0.717) is 0 Å². The van der Waals surface area contributed by atoms with Crippen molar-refractivity contribution in [3.8, 4) is 0 Å². The molecule has 0 bridgehead atoms. The number of cyclic esters (lactones) is 1. The number of esters is 1. The molecule has 0 unspecified atom stereocenters. The first-order valence-electron chi connectivity index (χ1n) is 5.69. The molecule has 0 spiro atoms. The molecule has 1 heterocycles. The highest BCUT2D eigenvalue weighted by molar-refractivity contribution is 5.74. The van der Waals surface area contributed by atoms with Crippen LogP contribution in [0.5, 0.6) is 0 Å². The second-order valence-electron chi connectivity index (χ2n) is 4.51. The third-order valence-corrected chi connectivity index (χ3v) is 3.04. The number of rotatable bonds is 0. The number of fused-ring (bicyclic) bond motifs is 1. The number of carbonyl (C=O) groups is 1. The quantitative estimate of drug-likeness (QED) is 0.453. The van der Waals surface area contributed by atoms with E-state index in [4.69, 9.17) is 9.47 Å². The molecule has 1 fully saturated rings. The van der Waals surface area contributed by atoms with Crippen LogP contribution in [-0.4, -0.2) is 24.3 Å². The molecule has 0 aromatic rings. The lowest BCUT2D eigenvalue weighted by Gasteiger charge is -2.33. The Morgan fingerprint density at radius 2 is 2.13 bits per heavy atom. The summed E-state index contributed by atoms with van der Waals surface area (Å²) >= 11 is 0. The zero-order valence-electron chi connectivity index (χ0n) is 9.31. The number of ether oxygens (including phenoxy) is 2. The lowest BCUT2D eigenvalue weighted by atomic mass is 9.91. The minimum atomic E-state index is -0.0970. The van der Waals surface area contributed by atoms with Crippen LogP contribution in [0.3, 0.4) is 0 Å². The molecular weight excluding hydrogens is 192 g/mol. The summed E-state index contributed by atoms with van der Waals surface area (Å²) in [5.41, 5.74) is 0. The molecule has 2 aliphatic rings. The monoisotopic (exact) mass is 210 g/mol. The van der Waals surface area contributed by atoms with Crippen LogP contribution in [0.15, 0.2) is 12.2 Å². The molecule has 0 amide bonds. The molecule has 3 nitrogen and oxygen atoms in total. The van der Waals surface area contributed by atoms with Crippen molar-refractivity contribution in [3.05, 3.63) is 12.2 Å². The molecular formula is C12H18O3. The van der Waals surface area contributed by atoms with Gasteiger partial charge in [0.15, 0.2) is 0 Å². The van der Waals surface area contributed by atoms with Crippen LogP contribution in [0.4, 0.5) is 0 Å². The molecule has 0 saturated carbocycles. The summed E-state index contributed by atoms with van der Waals surface area (Å²) in [4.78, 5) is 11.8. The standard InChI is InChI=1S/C12H18O3/c1-8-7-9(2)15-12(13)10-5-3-4-6-11(10)14-8/h4,6,8-11H,3,5,7H2,1-2H3/t8-,9-,10-,11+/m1/s1. The second-order valence-corrected chi connectivity index (χ2v) is 4.51. The zero-order valence-corrected chi connectivity index (χ0v) is 9.31. The molecule has 1 aliphatic carbocycles. The summed E-state index contributed by atoms with van der Waals surface area (Å²) in [7, 11) is 0. The summed E-state index contributed by atoms with van der Waals surface area (Å²) in [5.74, 6) is -0.191. The van der Waals surface area contributed by atoms with E-state index < -0.39 is 0 Å². The van der Waals surface area contributed by atoms with Crippen LogP contribution in [0, 0.1) is 5.92 Å². The first kappa shape index (κ1) is 10.7. The van der Waals surface area contributed by atoms with Crippen molar-refractivity contribution in [3.63, 3.8) is 0 Å². The molecule has 4 atom stereocenters. The molecule has 0 radical (unpaired) electrons. The van der Waals surface area contributed by atoms with Gasteiger partial charge in [0.25, 0.3) is 0 Å². The van der Waals surface area contributed by atoms with Gasteiger partial charge in [-0.15, -0.1) is 0 Å². The molecule has 0 aromatic heterocycles. The van der Waals surface area contributed by atoms with Crippen molar-refractivity contribution < 1.29 is 14.3 Å². The SMILES string of the molecule is C[C@@H]1C[C@@H](C)O[C@H]2C=CCC[C@H]2C(=O)O1. The van der Waals surface area contributed by atoms with E-state index in [-0.39, 0.29) is 30.2 Å². The van der Waals surface area contributed by atoms with Crippen molar-refractivity contribution in [1.82, 2.24) is 0 Å². The van der Waals surface area contributed by atoms with E-state index in [0.717, 1.165) is 19.3 Å². The molecule has 1 saturated heterocycles. The Bertz CT molecular complexity index is 272. The van der Waals surface area contributed by atoms with Gasteiger partial charge in [-0.1, -0.05) is 12.2 Å². The summed E-state index contributed by atoms with van der Waals surface area (Å²) in [5, 5.41) is 0. The number of carbonyl (C=O) groups excluding carboxylic acids is 1. The van der Waals surface area contributed by atoms with E-state index in [1.54, 1.807) is 0 Å². The average molecular weight is 210 g/mol. The Kier molecular flexibility index (Phi) is 3.10. The van der Waals surface area contributed by atoms with Crippen molar-refractivity contribution >= 4 is 5.97 Å². The summed E-state index contributed by atoms with van der Waals surface area (Å²) in [6, 6.07) is 0. The predicted molar refractivity (Wildman–Crippen MR) is 56.4 cm³/mol. The maximum Gasteiger partial charge on any atom is 0.312 e. The number of hydrogen-bond donors (Lipinski definition) is 0. The highest BCUT2D eigenvalue weighted by atomic mass is 16.6. The minimum Gasteiger partial charge on any atom is -0.462 e. The lowest BCUT2D eigenvalue weighted by Crippen LogP contribution is -2.39. The number of hydrogen-bond acceptors (Lipinski definition) is 3. The molecule has 84 valence electrons. The van der Waals surface area contributed by atoms with E-state index in [9.17, 15) is 4.79 Å². The van der Waals surface area contributed by atoms with Crippen LogP contribution >= 0.6 is 0 Å². The Balaban J connectivity index is 2.14. The largest absolute Gasteiger partial charge is 0.462 e. The Labute approximate surface area is 90.4 Å². The van der Waals surface area contributed by atoms with E-state index in [1.165, 1.54) is 0 Å². The number of allylic oxidation sites excluding steroid dienone is 1. The van der Waals surface area contributed by atoms with Crippen molar-refractivity contribution in [2.75, 3.05) is 0 Å².